The van der Waals surface area contributed by atoms with Gasteiger partial charge in [0.2, 0.25) is 5.91 Å². The summed E-state index contributed by atoms with van der Waals surface area (Å²) in [6, 6.07) is 1.08. The molecule has 0 aromatic rings. The van der Waals surface area contributed by atoms with E-state index in [4.69, 9.17) is 11.6 Å². The first-order chi connectivity index (χ1) is 17.0. The SMILES string of the molecule is C/C=C(/Cl)SC(C)N/C(=C/CC)N(C1CCCCC1)C1CCN(C(=O)CCN2CCCCC2)CC1. The van der Waals surface area contributed by atoms with E-state index >= 15 is 0 Å². The molecule has 200 valence electrons. The van der Waals surface area contributed by atoms with Crippen LogP contribution in [0.5, 0.6) is 0 Å². The largest absolute Gasteiger partial charge is 0.360 e. The fourth-order valence-corrected chi connectivity index (χ4v) is 7.00. The first-order valence-electron chi connectivity index (χ1n) is 14.3. The second kappa shape index (κ2) is 15.4. The molecule has 1 N–H and O–H groups in total. The molecule has 5 nitrogen and oxygen atoms in total. The van der Waals surface area contributed by atoms with Gasteiger partial charge in [0.25, 0.3) is 0 Å². The Morgan fingerprint density at radius 1 is 1.03 bits per heavy atom. The molecule has 2 aliphatic heterocycles. The quantitative estimate of drug-likeness (QED) is 0.312. The highest BCUT2D eigenvalue weighted by molar-refractivity contribution is 8.05. The number of hydrogen-bond acceptors (Lipinski definition) is 5. The minimum absolute atomic E-state index is 0.207. The summed E-state index contributed by atoms with van der Waals surface area (Å²) in [6.07, 6.45) is 18.6. The van der Waals surface area contributed by atoms with Crippen molar-refractivity contribution in [2.24, 2.45) is 0 Å². The van der Waals surface area contributed by atoms with Crippen molar-refractivity contribution in [2.45, 2.75) is 115 Å². The molecule has 1 atom stereocenters. The summed E-state index contributed by atoms with van der Waals surface area (Å²) in [5.74, 6) is 1.63. The highest BCUT2D eigenvalue weighted by Gasteiger charge is 2.33. The van der Waals surface area contributed by atoms with Crippen molar-refractivity contribution in [1.29, 1.82) is 0 Å². The Hall–Kier alpha value is -0.850. The van der Waals surface area contributed by atoms with Gasteiger partial charge in [0.1, 0.15) is 0 Å². The molecule has 1 unspecified atom stereocenters. The van der Waals surface area contributed by atoms with Gasteiger partial charge in [-0.3, -0.25) is 4.79 Å². The summed E-state index contributed by atoms with van der Waals surface area (Å²) in [6.45, 7) is 11.5. The maximum atomic E-state index is 13.0. The van der Waals surface area contributed by atoms with Crippen LogP contribution in [-0.4, -0.2) is 70.8 Å². The number of hydrogen-bond donors (Lipinski definition) is 1. The van der Waals surface area contributed by atoms with Gasteiger partial charge in [-0.2, -0.15) is 0 Å². The molecule has 2 heterocycles. The lowest BCUT2D eigenvalue weighted by atomic mass is 9.91. The third kappa shape index (κ3) is 9.19. The van der Waals surface area contributed by atoms with E-state index in [-0.39, 0.29) is 5.37 Å². The standard InChI is InChI=1S/C28H49ClN4OS/c1-4-12-27(30-23(3)35-26(29)5-2)33(24-13-8-6-9-14-24)25-15-21-32(22-16-25)28(34)17-20-31-18-10-7-11-19-31/h5,12,23-25,30H,4,6-11,13-22H2,1-3H3/b26-5-,27-12-. The van der Waals surface area contributed by atoms with Crippen LogP contribution in [-0.2, 0) is 4.79 Å². The highest BCUT2D eigenvalue weighted by Crippen LogP contribution is 2.32. The summed E-state index contributed by atoms with van der Waals surface area (Å²) in [5, 5.41) is 4.01. The van der Waals surface area contributed by atoms with Crippen molar-refractivity contribution < 1.29 is 4.79 Å². The fraction of sp³-hybridized carbons (Fsp3) is 0.821. The van der Waals surface area contributed by atoms with Crippen LogP contribution in [0.1, 0.15) is 97.8 Å². The van der Waals surface area contributed by atoms with Crippen LogP contribution in [0.2, 0.25) is 0 Å². The van der Waals surface area contributed by atoms with E-state index in [0.717, 1.165) is 43.3 Å². The number of carbonyl (C=O) groups excluding carboxylic acids is 1. The normalized spacial score (nSPS) is 22.8. The molecule has 3 aliphatic rings. The number of thioether (sulfide) groups is 1. The zero-order chi connectivity index (χ0) is 25.0. The second-order valence-electron chi connectivity index (χ2n) is 10.5. The Kier molecular flexibility index (Phi) is 12.6. The predicted octanol–water partition coefficient (Wildman–Crippen LogP) is 6.51. The third-order valence-corrected chi connectivity index (χ3v) is 9.23. The minimum atomic E-state index is 0.207. The molecule has 1 saturated carbocycles. The maximum absolute atomic E-state index is 13.0. The topological polar surface area (TPSA) is 38.8 Å². The molecule has 7 heteroatoms. The van der Waals surface area contributed by atoms with Crippen LogP contribution in [0.4, 0.5) is 0 Å². The number of piperidine rings is 2. The average Bonchev–Trinajstić information content (AvgIpc) is 2.89. The lowest BCUT2D eigenvalue weighted by Crippen LogP contribution is -2.53. The lowest BCUT2D eigenvalue weighted by molar-refractivity contribution is -0.133. The summed E-state index contributed by atoms with van der Waals surface area (Å²) >= 11 is 8.01. The second-order valence-corrected chi connectivity index (χ2v) is 12.5. The summed E-state index contributed by atoms with van der Waals surface area (Å²) in [7, 11) is 0. The molecule has 0 aromatic carbocycles. The molecule has 3 rings (SSSR count). The van der Waals surface area contributed by atoms with Crippen molar-refractivity contribution in [1.82, 2.24) is 20.0 Å². The van der Waals surface area contributed by atoms with E-state index < -0.39 is 0 Å². The molecule has 0 spiro atoms. The van der Waals surface area contributed by atoms with Gasteiger partial charge in [-0.05, 0) is 78.0 Å². The van der Waals surface area contributed by atoms with Gasteiger partial charge in [-0.25, -0.2) is 0 Å². The molecule has 3 fully saturated rings. The van der Waals surface area contributed by atoms with E-state index in [2.05, 4.69) is 39.9 Å². The van der Waals surface area contributed by atoms with Crippen LogP contribution >= 0.6 is 23.4 Å². The van der Waals surface area contributed by atoms with Gasteiger partial charge in [0.15, 0.2) is 0 Å². The van der Waals surface area contributed by atoms with E-state index in [0.29, 0.717) is 24.4 Å². The Balaban J connectivity index is 1.61. The van der Waals surface area contributed by atoms with E-state index in [1.807, 2.05) is 13.0 Å². The highest BCUT2D eigenvalue weighted by atomic mass is 35.5. The number of nitrogens with one attached hydrogen (secondary N) is 1. The van der Waals surface area contributed by atoms with Crippen LogP contribution < -0.4 is 5.32 Å². The third-order valence-electron chi connectivity index (χ3n) is 7.81. The molecule has 0 radical (unpaired) electrons. The average molecular weight is 525 g/mol. The molecular weight excluding hydrogens is 476 g/mol. The van der Waals surface area contributed by atoms with Gasteiger partial charge in [0.05, 0.1) is 15.6 Å². The van der Waals surface area contributed by atoms with Gasteiger partial charge < -0.3 is 20.0 Å². The molecule has 0 aromatic heterocycles. The number of amides is 1. The zero-order valence-electron chi connectivity index (χ0n) is 22.4. The summed E-state index contributed by atoms with van der Waals surface area (Å²) < 4.78 is 0.835. The molecule has 35 heavy (non-hydrogen) atoms. The Morgan fingerprint density at radius 2 is 1.66 bits per heavy atom. The van der Waals surface area contributed by atoms with Crippen molar-refractivity contribution in [3.05, 3.63) is 22.3 Å². The van der Waals surface area contributed by atoms with Crippen molar-refractivity contribution >= 4 is 29.3 Å². The number of halogens is 1. The van der Waals surface area contributed by atoms with Crippen LogP contribution in [0.25, 0.3) is 0 Å². The number of allylic oxidation sites excluding steroid dienone is 2. The summed E-state index contributed by atoms with van der Waals surface area (Å²) in [5.41, 5.74) is 0. The van der Waals surface area contributed by atoms with Gasteiger partial charge >= 0.3 is 0 Å². The molecular formula is C28H49ClN4OS. The molecule has 1 amide bonds. The predicted molar refractivity (Wildman–Crippen MR) is 151 cm³/mol. The number of rotatable bonds is 11. The fourth-order valence-electron chi connectivity index (χ4n) is 5.95. The number of likely N-dealkylation sites (tertiary alicyclic amines) is 2. The molecule has 0 bridgehead atoms. The van der Waals surface area contributed by atoms with Crippen molar-refractivity contribution in [3.63, 3.8) is 0 Å². The lowest BCUT2D eigenvalue weighted by Gasteiger charge is -2.46. The van der Waals surface area contributed by atoms with E-state index in [1.54, 1.807) is 11.8 Å². The van der Waals surface area contributed by atoms with Crippen LogP contribution in [0.15, 0.2) is 22.3 Å². The van der Waals surface area contributed by atoms with Gasteiger partial charge in [-0.1, -0.05) is 62.0 Å². The first-order valence-corrected chi connectivity index (χ1v) is 15.5. The number of carbonyl (C=O) groups is 1. The smallest absolute Gasteiger partial charge is 0.223 e. The van der Waals surface area contributed by atoms with Crippen molar-refractivity contribution in [2.75, 3.05) is 32.7 Å². The Labute approximate surface area is 224 Å². The van der Waals surface area contributed by atoms with Crippen molar-refractivity contribution in [3.8, 4) is 0 Å². The first kappa shape index (κ1) is 28.7. The van der Waals surface area contributed by atoms with E-state index in [9.17, 15) is 4.79 Å². The Morgan fingerprint density at radius 3 is 2.29 bits per heavy atom. The van der Waals surface area contributed by atoms with Crippen LogP contribution in [0, 0.1) is 0 Å². The molecule has 2 saturated heterocycles. The number of nitrogens with zero attached hydrogens (tertiary/aromatic N) is 3. The Bertz CT molecular complexity index is 695. The van der Waals surface area contributed by atoms with E-state index in [1.165, 1.54) is 70.3 Å². The van der Waals surface area contributed by atoms with Crippen LogP contribution in [0.3, 0.4) is 0 Å². The monoisotopic (exact) mass is 524 g/mol. The maximum Gasteiger partial charge on any atom is 0.223 e. The molecule has 1 aliphatic carbocycles. The minimum Gasteiger partial charge on any atom is -0.360 e. The van der Waals surface area contributed by atoms with Gasteiger partial charge in [0, 0.05) is 38.1 Å². The zero-order valence-corrected chi connectivity index (χ0v) is 24.0. The van der Waals surface area contributed by atoms with Gasteiger partial charge in [-0.15, -0.1) is 0 Å². The summed E-state index contributed by atoms with van der Waals surface area (Å²) in [4.78, 5) is 20.3.